The second kappa shape index (κ2) is 5.32. The van der Waals surface area contributed by atoms with E-state index in [9.17, 15) is 12.8 Å². The number of hydrogen-bond acceptors (Lipinski definition) is 4. The van der Waals surface area contributed by atoms with Gasteiger partial charge in [-0.2, -0.15) is 5.26 Å². The highest BCUT2D eigenvalue weighted by molar-refractivity contribution is 8.00. The third-order valence-corrected chi connectivity index (χ3v) is 4.06. The molecule has 1 aromatic carbocycles. The first-order valence-corrected chi connectivity index (χ1v) is 7.48. The number of nitriles is 1. The lowest BCUT2D eigenvalue weighted by Gasteiger charge is -2.03. The molecule has 1 aromatic rings. The maximum atomic E-state index is 13.2. The van der Waals surface area contributed by atoms with Crippen LogP contribution in [0.25, 0.3) is 0 Å². The highest BCUT2D eigenvalue weighted by Gasteiger charge is 2.09. The van der Waals surface area contributed by atoms with E-state index in [-0.39, 0.29) is 11.3 Å². The molecule has 0 heterocycles. The molecule has 0 atom stereocenters. The minimum absolute atomic E-state index is 0.0129. The summed E-state index contributed by atoms with van der Waals surface area (Å²) < 4.78 is 34.9. The first-order valence-electron chi connectivity index (χ1n) is 4.43. The standard InChI is InChI=1S/C10H10FNO2S2/c1-16(13,14)6-5-15-10-4-2-3-9(11)8(10)7-12/h2-4H,5-6H2,1H3. The predicted molar refractivity (Wildman–Crippen MR) is 61.5 cm³/mol. The van der Waals surface area contributed by atoms with Crippen LogP contribution in [0.4, 0.5) is 4.39 Å². The summed E-state index contributed by atoms with van der Waals surface area (Å²) in [5, 5.41) is 8.74. The number of halogens is 1. The zero-order valence-corrected chi connectivity index (χ0v) is 10.2. The third kappa shape index (κ3) is 3.83. The van der Waals surface area contributed by atoms with Gasteiger partial charge in [-0.1, -0.05) is 6.07 Å². The summed E-state index contributed by atoms with van der Waals surface area (Å²) in [5.41, 5.74) is -0.0269. The van der Waals surface area contributed by atoms with E-state index in [4.69, 9.17) is 5.26 Å². The Morgan fingerprint density at radius 2 is 2.19 bits per heavy atom. The van der Waals surface area contributed by atoms with Crippen LogP contribution in [0, 0.1) is 17.1 Å². The van der Waals surface area contributed by atoms with Crippen LogP contribution >= 0.6 is 11.8 Å². The van der Waals surface area contributed by atoms with Gasteiger partial charge in [0.25, 0.3) is 0 Å². The lowest BCUT2D eigenvalue weighted by Crippen LogP contribution is -2.05. The first-order chi connectivity index (χ1) is 7.44. The van der Waals surface area contributed by atoms with Crippen LogP contribution in [0.3, 0.4) is 0 Å². The molecule has 0 aliphatic heterocycles. The maximum absolute atomic E-state index is 13.2. The normalized spacial score (nSPS) is 11.1. The van der Waals surface area contributed by atoms with Crippen molar-refractivity contribution in [3.8, 4) is 6.07 Å². The molecule has 6 heteroatoms. The molecule has 0 aliphatic rings. The van der Waals surface area contributed by atoms with Gasteiger partial charge in [-0.15, -0.1) is 11.8 Å². The van der Waals surface area contributed by atoms with E-state index in [1.807, 2.05) is 0 Å². The monoisotopic (exact) mass is 259 g/mol. The van der Waals surface area contributed by atoms with Gasteiger partial charge in [-0.25, -0.2) is 12.8 Å². The Hall–Kier alpha value is -1.06. The highest BCUT2D eigenvalue weighted by Crippen LogP contribution is 2.24. The second-order valence-corrected chi connectivity index (χ2v) is 6.60. The molecule has 0 aromatic heterocycles. The third-order valence-electron chi connectivity index (χ3n) is 1.80. The van der Waals surface area contributed by atoms with Crippen molar-refractivity contribution in [2.75, 3.05) is 17.8 Å². The fourth-order valence-corrected chi connectivity index (χ4v) is 3.26. The van der Waals surface area contributed by atoms with Gasteiger partial charge in [-0.05, 0) is 12.1 Å². The number of benzene rings is 1. The summed E-state index contributed by atoms with van der Waals surface area (Å²) >= 11 is 1.17. The molecule has 0 unspecified atom stereocenters. The number of thioether (sulfide) groups is 1. The van der Waals surface area contributed by atoms with Crippen molar-refractivity contribution >= 4 is 21.6 Å². The van der Waals surface area contributed by atoms with Crippen LogP contribution in [0.2, 0.25) is 0 Å². The topological polar surface area (TPSA) is 57.9 Å². The van der Waals surface area contributed by atoms with Gasteiger partial charge in [0, 0.05) is 16.9 Å². The lowest BCUT2D eigenvalue weighted by atomic mass is 10.2. The molecule has 0 saturated heterocycles. The molecule has 0 bridgehead atoms. The summed E-state index contributed by atoms with van der Waals surface area (Å²) in [7, 11) is -3.02. The Balaban J connectivity index is 2.76. The molecular weight excluding hydrogens is 249 g/mol. The second-order valence-electron chi connectivity index (χ2n) is 3.20. The van der Waals surface area contributed by atoms with Gasteiger partial charge >= 0.3 is 0 Å². The minimum Gasteiger partial charge on any atom is -0.229 e. The van der Waals surface area contributed by atoms with Gasteiger partial charge in [-0.3, -0.25) is 0 Å². The molecule has 0 spiro atoms. The van der Waals surface area contributed by atoms with E-state index in [2.05, 4.69) is 0 Å². The SMILES string of the molecule is CS(=O)(=O)CCSc1cccc(F)c1C#N. The average molecular weight is 259 g/mol. The molecule has 0 N–H and O–H groups in total. The van der Waals surface area contributed by atoms with Crippen LogP contribution in [0.15, 0.2) is 23.1 Å². The van der Waals surface area contributed by atoms with Crippen molar-refractivity contribution in [3.05, 3.63) is 29.6 Å². The summed E-state index contributed by atoms with van der Waals surface area (Å²) in [4.78, 5) is 0.478. The van der Waals surface area contributed by atoms with Gasteiger partial charge in [0.2, 0.25) is 0 Å². The van der Waals surface area contributed by atoms with Crippen molar-refractivity contribution in [1.29, 1.82) is 5.26 Å². The number of nitrogens with zero attached hydrogens (tertiary/aromatic N) is 1. The molecule has 1 rings (SSSR count). The fraction of sp³-hybridized carbons (Fsp3) is 0.300. The van der Waals surface area contributed by atoms with Gasteiger partial charge in [0.15, 0.2) is 0 Å². The van der Waals surface area contributed by atoms with Gasteiger partial charge in [0.05, 0.1) is 5.75 Å². The van der Waals surface area contributed by atoms with Crippen molar-refractivity contribution < 1.29 is 12.8 Å². The number of rotatable bonds is 4. The summed E-state index contributed by atoms with van der Waals surface area (Å²) in [5.74, 6) is -0.248. The number of hydrogen-bond donors (Lipinski definition) is 0. The molecule has 16 heavy (non-hydrogen) atoms. The van der Waals surface area contributed by atoms with E-state index in [1.54, 1.807) is 12.1 Å². The van der Waals surface area contributed by atoms with Crippen LogP contribution < -0.4 is 0 Å². The zero-order chi connectivity index (χ0) is 12.2. The molecule has 0 saturated carbocycles. The van der Waals surface area contributed by atoms with Crippen LogP contribution in [-0.4, -0.2) is 26.2 Å². The van der Waals surface area contributed by atoms with Crippen molar-refractivity contribution in [1.82, 2.24) is 0 Å². The average Bonchev–Trinajstić information content (AvgIpc) is 2.16. The fourth-order valence-electron chi connectivity index (χ4n) is 1.04. The molecule has 0 amide bonds. The van der Waals surface area contributed by atoms with E-state index < -0.39 is 15.7 Å². The summed E-state index contributed by atoms with van der Waals surface area (Å²) in [6.45, 7) is 0. The molecule has 0 aliphatic carbocycles. The van der Waals surface area contributed by atoms with E-state index in [0.29, 0.717) is 10.6 Å². The minimum atomic E-state index is -3.02. The van der Waals surface area contributed by atoms with Crippen LogP contribution in [0.5, 0.6) is 0 Å². The van der Waals surface area contributed by atoms with Crippen LogP contribution in [0.1, 0.15) is 5.56 Å². The zero-order valence-electron chi connectivity index (χ0n) is 8.60. The van der Waals surface area contributed by atoms with Gasteiger partial charge < -0.3 is 0 Å². The quantitative estimate of drug-likeness (QED) is 0.774. The van der Waals surface area contributed by atoms with E-state index >= 15 is 0 Å². The van der Waals surface area contributed by atoms with E-state index in [0.717, 1.165) is 6.26 Å². The van der Waals surface area contributed by atoms with Crippen molar-refractivity contribution in [2.45, 2.75) is 4.90 Å². The molecule has 0 radical (unpaired) electrons. The maximum Gasteiger partial charge on any atom is 0.148 e. The molecule has 0 fully saturated rings. The first kappa shape index (κ1) is 13.0. The van der Waals surface area contributed by atoms with Crippen molar-refractivity contribution in [3.63, 3.8) is 0 Å². The molecule has 3 nitrogen and oxygen atoms in total. The Labute approximate surface area is 98.2 Å². The Bertz CT molecular complexity index is 520. The van der Waals surface area contributed by atoms with Crippen LogP contribution in [-0.2, 0) is 9.84 Å². The van der Waals surface area contributed by atoms with Crippen molar-refractivity contribution in [2.24, 2.45) is 0 Å². The Kier molecular flexibility index (Phi) is 4.33. The lowest BCUT2D eigenvalue weighted by molar-refractivity contribution is 0.603. The van der Waals surface area contributed by atoms with Gasteiger partial charge in [0.1, 0.15) is 27.3 Å². The Morgan fingerprint density at radius 1 is 1.50 bits per heavy atom. The van der Waals surface area contributed by atoms with E-state index in [1.165, 1.54) is 23.9 Å². The molecular formula is C10H10FNO2S2. The number of sulfone groups is 1. The predicted octanol–water partition coefficient (Wildman–Crippen LogP) is 1.83. The Morgan fingerprint density at radius 3 is 2.75 bits per heavy atom. The smallest absolute Gasteiger partial charge is 0.148 e. The highest BCUT2D eigenvalue weighted by atomic mass is 32.2. The summed E-state index contributed by atoms with van der Waals surface area (Å²) in [6, 6.07) is 6.08. The largest absolute Gasteiger partial charge is 0.229 e. The summed E-state index contributed by atoms with van der Waals surface area (Å²) in [6.07, 6.45) is 1.14. The molecule has 86 valence electrons.